The summed E-state index contributed by atoms with van der Waals surface area (Å²) >= 11 is 0. The van der Waals surface area contributed by atoms with Crippen molar-refractivity contribution in [3.63, 3.8) is 0 Å². The lowest BCUT2D eigenvalue weighted by Crippen LogP contribution is -2.50. The molecular weight excluding hydrogens is 504 g/mol. The Kier molecular flexibility index (Phi) is 7.19. The highest BCUT2D eigenvalue weighted by molar-refractivity contribution is 7.89. The smallest absolute Gasteiger partial charge is 0.241 e. The maximum absolute atomic E-state index is 13.5. The number of aromatic nitrogens is 2. The molecule has 38 heavy (non-hydrogen) atoms. The van der Waals surface area contributed by atoms with Crippen LogP contribution in [0.2, 0.25) is 0 Å². The first-order valence-electron chi connectivity index (χ1n) is 13.9. The lowest BCUT2D eigenvalue weighted by molar-refractivity contribution is -0.134. The number of carbonyl (C=O) groups is 2. The van der Waals surface area contributed by atoms with E-state index in [0.717, 1.165) is 48.8 Å². The third-order valence-electron chi connectivity index (χ3n) is 8.18. The molecule has 0 radical (unpaired) electrons. The van der Waals surface area contributed by atoms with Gasteiger partial charge < -0.3 is 14.7 Å². The van der Waals surface area contributed by atoms with Gasteiger partial charge in [0, 0.05) is 68.2 Å². The van der Waals surface area contributed by atoms with Gasteiger partial charge in [-0.05, 0) is 44.7 Å². The molecule has 1 atom stereocenters. The fourth-order valence-corrected chi connectivity index (χ4v) is 7.12. The lowest BCUT2D eigenvalue weighted by Gasteiger charge is -2.37. The van der Waals surface area contributed by atoms with E-state index >= 15 is 0 Å². The molecule has 11 heteroatoms. The minimum atomic E-state index is -3.74. The van der Waals surface area contributed by atoms with Gasteiger partial charge in [0.2, 0.25) is 21.8 Å². The maximum atomic E-state index is 13.5. The van der Waals surface area contributed by atoms with Crippen molar-refractivity contribution < 1.29 is 18.0 Å². The van der Waals surface area contributed by atoms with Gasteiger partial charge in [-0.15, -0.1) is 0 Å². The van der Waals surface area contributed by atoms with Crippen molar-refractivity contribution in [2.24, 2.45) is 5.92 Å². The molecule has 1 saturated carbocycles. The molecule has 2 saturated heterocycles. The Hall–Kier alpha value is -2.66. The summed E-state index contributed by atoms with van der Waals surface area (Å²) in [6.45, 7) is 11.4. The number of benzene rings is 1. The SMILES string of the molecule is CCC(=O)N1CCCC(n2ncc3c(N4CCN(C(=O)C(C)C)CC4)cc(S(=O)(=O)NC4(C)CC4)cc32)C1. The molecule has 2 aromatic rings. The number of anilines is 1. The van der Waals surface area contributed by atoms with Crippen molar-refractivity contribution in [3.05, 3.63) is 18.3 Å². The Labute approximate surface area is 225 Å². The third kappa shape index (κ3) is 5.27. The fourth-order valence-electron chi connectivity index (χ4n) is 5.62. The van der Waals surface area contributed by atoms with Crippen LogP contribution in [0.4, 0.5) is 5.69 Å². The van der Waals surface area contributed by atoms with E-state index < -0.39 is 10.0 Å². The van der Waals surface area contributed by atoms with Crippen molar-refractivity contribution in [2.75, 3.05) is 44.2 Å². The average molecular weight is 545 g/mol. The van der Waals surface area contributed by atoms with Crippen LogP contribution in [0.5, 0.6) is 0 Å². The van der Waals surface area contributed by atoms with Crippen LogP contribution in [0.15, 0.2) is 23.2 Å². The number of rotatable bonds is 7. The molecule has 208 valence electrons. The summed E-state index contributed by atoms with van der Waals surface area (Å²) < 4.78 is 31.8. The predicted molar refractivity (Wildman–Crippen MR) is 146 cm³/mol. The van der Waals surface area contributed by atoms with E-state index in [9.17, 15) is 18.0 Å². The van der Waals surface area contributed by atoms with Crippen LogP contribution in [-0.4, -0.2) is 84.6 Å². The second-order valence-electron chi connectivity index (χ2n) is 11.6. The van der Waals surface area contributed by atoms with Crippen molar-refractivity contribution in [1.29, 1.82) is 0 Å². The molecule has 3 fully saturated rings. The van der Waals surface area contributed by atoms with E-state index in [4.69, 9.17) is 5.10 Å². The van der Waals surface area contributed by atoms with Crippen LogP contribution in [0.25, 0.3) is 10.9 Å². The molecule has 2 amide bonds. The first kappa shape index (κ1) is 26.9. The summed E-state index contributed by atoms with van der Waals surface area (Å²) in [5.74, 6) is 0.222. The molecule has 2 aliphatic heterocycles. The van der Waals surface area contributed by atoms with Gasteiger partial charge in [-0.2, -0.15) is 5.10 Å². The predicted octanol–water partition coefficient (Wildman–Crippen LogP) is 2.75. The van der Waals surface area contributed by atoms with E-state index in [1.54, 1.807) is 12.1 Å². The molecule has 1 N–H and O–H groups in total. The molecular formula is C27H40N6O4S. The molecule has 5 rings (SSSR count). The number of carbonyl (C=O) groups excluding carboxylic acids is 2. The van der Waals surface area contributed by atoms with Gasteiger partial charge in [0.05, 0.1) is 22.7 Å². The van der Waals surface area contributed by atoms with Gasteiger partial charge in [-0.3, -0.25) is 14.3 Å². The van der Waals surface area contributed by atoms with Gasteiger partial charge >= 0.3 is 0 Å². The fraction of sp³-hybridized carbons (Fsp3) is 0.667. The number of likely N-dealkylation sites (tertiary alicyclic amines) is 1. The van der Waals surface area contributed by atoms with Crippen LogP contribution < -0.4 is 9.62 Å². The quantitative estimate of drug-likeness (QED) is 0.574. The number of sulfonamides is 1. The minimum absolute atomic E-state index is 0.0167. The van der Waals surface area contributed by atoms with Gasteiger partial charge in [0.1, 0.15) is 0 Å². The Morgan fingerprint density at radius 2 is 1.82 bits per heavy atom. The first-order chi connectivity index (χ1) is 18.0. The summed E-state index contributed by atoms with van der Waals surface area (Å²) in [5.41, 5.74) is 1.20. The monoisotopic (exact) mass is 544 g/mol. The Morgan fingerprint density at radius 3 is 2.45 bits per heavy atom. The highest BCUT2D eigenvalue weighted by Gasteiger charge is 2.41. The Bertz CT molecular complexity index is 1320. The van der Waals surface area contributed by atoms with E-state index in [-0.39, 0.29) is 34.2 Å². The second kappa shape index (κ2) is 10.1. The van der Waals surface area contributed by atoms with Crippen molar-refractivity contribution in [1.82, 2.24) is 24.3 Å². The van der Waals surface area contributed by atoms with E-state index in [1.807, 2.05) is 48.4 Å². The van der Waals surface area contributed by atoms with Gasteiger partial charge in [0.25, 0.3) is 0 Å². The summed E-state index contributed by atoms with van der Waals surface area (Å²) in [6.07, 6.45) is 5.71. The van der Waals surface area contributed by atoms with Crippen LogP contribution in [0.3, 0.4) is 0 Å². The zero-order valence-electron chi connectivity index (χ0n) is 22.9. The first-order valence-corrected chi connectivity index (χ1v) is 15.4. The number of nitrogens with zero attached hydrogens (tertiary/aromatic N) is 5. The second-order valence-corrected chi connectivity index (χ2v) is 13.3. The van der Waals surface area contributed by atoms with Crippen LogP contribution in [0.1, 0.15) is 65.8 Å². The average Bonchev–Trinajstić information content (AvgIpc) is 3.46. The van der Waals surface area contributed by atoms with Crippen LogP contribution >= 0.6 is 0 Å². The molecule has 1 unspecified atom stereocenters. The van der Waals surface area contributed by atoms with Crippen molar-refractivity contribution in [2.45, 2.75) is 76.3 Å². The third-order valence-corrected chi connectivity index (χ3v) is 9.80. The van der Waals surface area contributed by atoms with Gasteiger partial charge in [-0.25, -0.2) is 13.1 Å². The Morgan fingerprint density at radius 1 is 1.11 bits per heavy atom. The topological polar surface area (TPSA) is 108 Å². The van der Waals surface area contributed by atoms with Gasteiger partial charge in [-0.1, -0.05) is 20.8 Å². The summed E-state index contributed by atoms with van der Waals surface area (Å²) in [5, 5.41) is 5.64. The van der Waals surface area contributed by atoms with Crippen LogP contribution in [0, 0.1) is 5.92 Å². The number of piperazine rings is 1. The number of amides is 2. The van der Waals surface area contributed by atoms with E-state index in [2.05, 4.69) is 9.62 Å². The number of fused-ring (bicyclic) bond motifs is 1. The normalized spacial score (nSPS) is 21.8. The largest absolute Gasteiger partial charge is 0.367 e. The number of piperidine rings is 1. The number of hydrogen-bond donors (Lipinski definition) is 1. The Balaban J connectivity index is 1.52. The molecule has 1 aliphatic carbocycles. The maximum Gasteiger partial charge on any atom is 0.241 e. The molecule has 0 bridgehead atoms. The molecule has 3 aliphatic rings. The molecule has 0 spiro atoms. The van der Waals surface area contributed by atoms with Crippen molar-refractivity contribution >= 4 is 38.4 Å². The zero-order valence-corrected chi connectivity index (χ0v) is 23.8. The lowest BCUT2D eigenvalue weighted by atomic mass is 10.0. The molecule has 1 aromatic heterocycles. The molecule has 1 aromatic carbocycles. The highest BCUT2D eigenvalue weighted by Crippen LogP contribution is 2.38. The summed E-state index contributed by atoms with van der Waals surface area (Å²) in [4.78, 5) is 31.1. The van der Waals surface area contributed by atoms with E-state index in [1.165, 1.54) is 0 Å². The molecule has 3 heterocycles. The zero-order chi connectivity index (χ0) is 27.2. The summed E-state index contributed by atoms with van der Waals surface area (Å²) in [6, 6.07) is 3.48. The minimum Gasteiger partial charge on any atom is -0.367 e. The highest BCUT2D eigenvalue weighted by atomic mass is 32.2. The number of nitrogens with one attached hydrogen (secondary N) is 1. The standard InChI is InChI=1S/C27H40N6O4S/c1-5-25(34)32-10-6-7-20(18-32)33-24-16-21(38(36,37)29-27(4)8-9-27)15-23(22(24)17-28-33)30-11-13-31(14-12-30)26(35)19(2)3/h15-17,19-20,29H,5-14,18H2,1-4H3. The summed E-state index contributed by atoms with van der Waals surface area (Å²) in [7, 11) is -3.74. The van der Waals surface area contributed by atoms with Gasteiger partial charge in [0.15, 0.2) is 0 Å². The van der Waals surface area contributed by atoms with Crippen LogP contribution in [-0.2, 0) is 19.6 Å². The van der Waals surface area contributed by atoms with Crippen molar-refractivity contribution in [3.8, 4) is 0 Å². The molecule has 10 nitrogen and oxygen atoms in total. The number of hydrogen-bond acceptors (Lipinski definition) is 6. The van der Waals surface area contributed by atoms with E-state index in [0.29, 0.717) is 39.1 Å².